The smallest absolute Gasteiger partial charge is 0.139 e. The molecule has 0 fully saturated rings. The van der Waals surface area contributed by atoms with Crippen molar-refractivity contribution in [2.45, 2.75) is 6.92 Å². The molecule has 0 aliphatic carbocycles. The largest absolute Gasteiger partial charge is 0.383 e. The van der Waals surface area contributed by atoms with Crippen LogP contribution in [0.3, 0.4) is 0 Å². The number of aromatic nitrogens is 2. The summed E-state index contributed by atoms with van der Waals surface area (Å²) in [7, 11) is 4.02. The van der Waals surface area contributed by atoms with Gasteiger partial charge in [-0.1, -0.05) is 0 Å². The molecule has 0 saturated carbocycles. The second-order valence-corrected chi connectivity index (χ2v) is 6.98. The quantitative estimate of drug-likeness (QED) is 0.764. The number of aryl methyl sites for hydroxylation is 1. The number of anilines is 2. The number of imidazole rings is 1. The molecule has 2 N–H and O–H groups in total. The van der Waals surface area contributed by atoms with Gasteiger partial charge in [0, 0.05) is 29.6 Å². The standard InChI is InChI=1S/C14H15BrN4S/c1-8-10(15)6-11(20-8)13-14(16)19-7-9(18(2)3)4-5-12(19)17-13/h4-7H,16H2,1-3H3. The van der Waals surface area contributed by atoms with Gasteiger partial charge >= 0.3 is 0 Å². The Morgan fingerprint density at radius 2 is 2.10 bits per heavy atom. The molecule has 0 aromatic carbocycles. The molecule has 3 rings (SSSR count). The van der Waals surface area contributed by atoms with Gasteiger partial charge in [0.05, 0.1) is 10.6 Å². The number of nitrogen functional groups attached to an aromatic ring is 1. The highest BCUT2D eigenvalue weighted by Gasteiger charge is 2.15. The van der Waals surface area contributed by atoms with Crippen LogP contribution in [-0.4, -0.2) is 23.5 Å². The first-order chi connectivity index (χ1) is 9.47. The minimum Gasteiger partial charge on any atom is -0.383 e. The zero-order valence-corrected chi connectivity index (χ0v) is 13.9. The Hall–Kier alpha value is -1.53. The second-order valence-electron chi connectivity index (χ2n) is 4.87. The summed E-state index contributed by atoms with van der Waals surface area (Å²) in [5, 5.41) is 0. The fraction of sp³-hybridized carbons (Fsp3) is 0.214. The molecular weight excluding hydrogens is 336 g/mol. The van der Waals surface area contributed by atoms with E-state index in [4.69, 9.17) is 5.73 Å². The van der Waals surface area contributed by atoms with E-state index in [9.17, 15) is 0 Å². The van der Waals surface area contributed by atoms with Crippen molar-refractivity contribution in [2.75, 3.05) is 24.7 Å². The lowest BCUT2D eigenvalue weighted by atomic mass is 10.3. The van der Waals surface area contributed by atoms with Crippen LogP contribution < -0.4 is 10.6 Å². The average molecular weight is 351 g/mol. The molecule has 3 aromatic rings. The van der Waals surface area contributed by atoms with Gasteiger partial charge in [-0.15, -0.1) is 11.3 Å². The third-order valence-electron chi connectivity index (χ3n) is 3.25. The van der Waals surface area contributed by atoms with Crippen LogP contribution in [0.15, 0.2) is 28.9 Å². The van der Waals surface area contributed by atoms with Crippen LogP contribution in [0.5, 0.6) is 0 Å². The first-order valence-electron chi connectivity index (χ1n) is 6.18. The molecule has 20 heavy (non-hydrogen) atoms. The molecule has 0 atom stereocenters. The van der Waals surface area contributed by atoms with E-state index in [1.807, 2.05) is 41.7 Å². The number of thiophene rings is 1. The summed E-state index contributed by atoms with van der Waals surface area (Å²) in [5.41, 5.74) is 9.08. The van der Waals surface area contributed by atoms with Crippen LogP contribution in [0, 0.1) is 6.92 Å². The minimum absolute atomic E-state index is 0.678. The summed E-state index contributed by atoms with van der Waals surface area (Å²) in [4.78, 5) is 9.00. The number of hydrogen-bond donors (Lipinski definition) is 1. The van der Waals surface area contributed by atoms with Crippen molar-refractivity contribution < 1.29 is 0 Å². The topological polar surface area (TPSA) is 46.6 Å². The van der Waals surface area contributed by atoms with Gasteiger partial charge in [-0.2, -0.15) is 0 Å². The fourth-order valence-electron chi connectivity index (χ4n) is 2.07. The van der Waals surface area contributed by atoms with Gasteiger partial charge in [0.15, 0.2) is 0 Å². The Labute approximate surface area is 130 Å². The maximum Gasteiger partial charge on any atom is 0.139 e. The lowest BCUT2D eigenvalue weighted by Gasteiger charge is -2.12. The van der Waals surface area contributed by atoms with Crippen LogP contribution in [0.1, 0.15) is 4.88 Å². The van der Waals surface area contributed by atoms with Gasteiger partial charge in [0.1, 0.15) is 17.2 Å². The molecule has 3 aromatic heterocycles. The van der Waals surface area contributed by atoms with Gasteiger partial charge in [0.25, 0.3) is 0 Å². The van der Waals surface area contributed by atoms with Gasteiger partial charge < -0.3 is 10.6 Å². The van der Waals surface area contributed by atoms with E-state index in [-0.39, 0.29) is 0 Å². The molecule has 0 amide bonds. The number of pyridine rings is 1. The third kappa shape index (κ3) is 2.09. The summed E-state index contributed by atoms with van der Waals surface area (Å²) in [6, 6.07) is 6.11. The van der Waals surface area contributed by atoms with Crippen molar-refractivity contribution in [2.24, 2.45) is 0 Å². The van der Waals surface area contributed by atoms with Crippen LogP contribution in [0.25, 0.3) is 16.2 Å². The van der Waals surface area contributed by atoms with Crippen molar-refractivity contribution in [1.29, 1.82) is 0 Å². The van der Waals surface area contributed by atoms with Gasteiger partial charge in [-0.05, 0) is 41.1 Å². The maximum atomic E-state index is 6.27. The van der Waals surface area contributed by atoms with E-state index in [0.717, 1.165) is 26.4 Å². The molecule has 0 spiro atoms. The van der Waals surface area contributed by atoms with Crippen molar-refractivity contribution in [3.05, 3.63) is 33.7 Å². The van der Waals surface area contributed by atoms with Crippen LogP contribution >= 0.6 is 27.3 Å². The summed E-state index contributed by atoms with van der Waals surface area (Å²) < 4.78 is 3.04. The molecule has 104 valence electrons. The Morgan fingerprint density at radius 3 is 2.70 bits per heavy atom. The van der Waals surface area contributed by atoms with E-state index >= 15 is 0 Å². The lowest BCUT2D eigenvalue weighted by molar-refractivity contribution is 1.09. The number of nitrogens with zero attached hydrogens (tertiary/aromatic N) is 3. The van der Waals surface area contributed by atoms with E-state index < -0.39 is 0 Å². The van der Waals surface area contributed by atoms with E-state index in [2.05, 4.69) is 33.9 Å². The molecule has 0 radical (unpaired) electrons. The Bertz CT molecular complexity index is 768. The summed E-state index contributed by atoms with van der Waals surface area (Å²) >= 11 is 5.23. The molecule has 0 unspecified atom stereocenters. The second kappa shape index (κ2) is 4.79. The first kappa shape index (κ1) is 13.5. The van der Waals surface area contributed by atoms with E-state index in [1.165, 1.54) is 4.88 Å². The molecule has 6 heteroatoms. The number of nitrogens with two attached hydrogens (primary N) is 1. The fourth-order valence-corrected chi connectivity index (χ4v) is 3.61. The van der Waals surface area contributed by atoms with Gasteiger partial charge in [0.2, 0.25) is 0 Å². The molecule has 0 bridgehead atoms. The normalized spacial score (nSPS) is 11.2. The monoisotopic (exact) mass is 350 g/mol. The van der Waals surface area contributed by atoms with Gasteiger partial charge in [-0.25, -0.2) is 4.98 Å². The molecule has 0 aliphatic rings. The predicted octanol–water partition coefficient (Wildman–Crippen LogP) is 3.78. The van der Waals surface area contributed by atoms with E-state index in [1.54, 1.807) is 11.3 Å². The zero-order chi connectivity index (χ0) is 14.4. The molecule has 0 saturated heterocycles. The summed E-state index contributed by atoms with van der Waals surface area (Å²) in [5.74, 6) is 0.678. The number of fused-ring (bicyclic) bond motifs is 1. The highest BCUT2D eigenvalue weighted by molar-refractivity contribution is 9.10. The van der Waals surface area contributed by atoms with Crippen molar-refractivity contribution in [1.82, 2.24) is 9.38 Å². The molecule has 0 aliphatic heterocycles. The first-order valence-corrected chi connectivity index (χ1v) is 7.79. The lowest BCUT2D eigenvalue weighted by Crippen LogP contribution is -2.09. The van der Waals surface area contributed by atoms with Gasteiger partial charge in [-0.3, -0.25) is 4.40 Å². The molecule has 3 heterocycles. The Morgan fingerprint density at radius 1 is 1.35 bits per heavy atom. The maximum absolute atomic E-state index is 6.27. The van der Waals surface area contributed by atoms with Crippen molar-refractivity contribution in [3.8, 4) is 10.6 Å². The highest BCUT2D eigenvalue weighted by atomic mass is 79.9. The molecule has 4 nitrogen and oxygen atoms in total. The SMILES string of the molecule is Cc1sc(-c2nc3ccc(N(C)C)cn3c2N)cc1Br. The van der Waals surface area contributed by atoms with Crippen LogP contribution in [0.4, 0.5) is 11.5 Å². The van der Waals surface area contributed by atoms with Crippen LogP contribution in [0.2, 0.25) is 0 Å². The Balaban J connectivity index is 2.20. The highest BCUT2D eigenvalue weighted by Crippen LogP contribution is 2.36. The van der Waals surface area contributed by atoms with E-state index in [0.29, 0.717) is 5.82 Å². The minimum atomic E-state index is 0.678. The molecular formula is C14H15BrN4S. The van der Waals surface area contributed by atoms with Crippen molar-refractivity contribution >= 4 is 44.4 Å². The van der Waals surface area contributed by atoms with Crippen molar-refractivity contribution in [3.63, 3.8) is 0 Å². The number of halogens is 1. The zero-order valence-electron chi connectivity index (χ0n) is 11.5. The Kier molecular flexibility index (Phi) is 3.22. The average Bonchev–Trinajstić information content (AvgIpc) is 2.91. The summed E-state index contributed by atoms with van der Waals surface area (Å²) in [6.07, 6.45) is 2.01. The van der Waals surface area contributed by atoms with Crippen LogP contribution in [-0.2, 0) is 0 Å². The number of hydrogen-bond acceptors (Lipinski definition) is 4. The summed E-state index contributed by atoms with van der Waals surface area (Å²) in [6.45, 7) is 2.08. The predicted molar refractivity (Wildman–Crippen MR) is 89.7 cm³/mol. The third-order valence-corrected chi connectivity index (χ3v) is 5.39. The number of rotatable bonds is 2.